The van der Waals surface area contributed by atoms with E-state index in [-0.39, 0.29) is 11.0 Å². The van der Waals surface area contributed by atoms with Crippen molar-refractivity contribution < 1.29 is 4.79 Å². The number of hydrogen-bond donors (Lipinski definition) is 4. The van der Waals surface area contributed by atoms with Crippen LogP contribution in [-0.4, -0.2) is 48.3 Å². The highest BCUT2D eigenvalue weighted by Crippen LogP contribution is 1.97. The maximum absolute atomic E-state index is 11.8. The SMILES string of the molecule is CN(C)NC(=S)NCCNC(=S)NC(=O)c1ccccc1. The van der Waals surface area contributed by atoms with E-state index in [1.165, 1.54) is 0 Å². The molecule has 0 fully saturated rings. The van der Waals surface area contributed by atoms with Gasteiger partial charge < -0.3 is 10.6 Å². The zero-order valence-electron chi connectivity index (χ0n) is 12.0. The summed E-state index contributed by atoms with van der Waals surface area (Å²) < 4.78 is 0. The minimum atomic E-state index is -0.231. The van der Waals surface area contributed by atoms with E-state index in [1.807, 2.05) is 20.2 Å². The van der Waals surface area contributed by atoms with Gasteiger partial charge in [0.2, 0.25) is 0 Å². The quantitative estimate of drug-likeness (QED) is 0.351. The first-order valence-corrected chi connectivity index (χ1v) is 7.16. The fraction of sp³-hybridized carbons (Fsp3) is 0.308. The molecule has 0 spiro atoms. The first-order valence-electron chi connectivity index (χ1n) is 6.35. The van der Waals surface area contributed by atoms with E-state index >= 15 is 0 Å². The smallest absolute Gasteiger partial charge is 0.257 e. The Balaban J connectivity index is 2.20. The predicted octanol–water partition coefficient (Wildman–Crippen LogP) is 0.232. The Morgan fingerprint density at radius 1 is 1.05 bits per heavy atom. The molecule has 6 nitrogen and oxygen atoms in total. The maximum Gasteiger partial charge on any atom is 0.257 e. The molecule has 0 aliphatic carbocycles. The summed E-state index contributed by atoms with van der Waals surface area (Å²) in [5.41, 5.74) is 3.47. The average Bonchev–Trinajstić information content (AvgIpc) is 2.44. The summed E-state index contributed by atoms with van der Waals surface area (Å²) in [6.45, 7) is 1.13. The van der Waals surface area contributed by atoms with Crippen LogP contribution >= 0.6 is 24.4 Å². The highest BCUT2D eigenvalue weighted by atomic mass is 32.1. The van der Waals surface area contributed by atoms with E-state index in [9.17, 15) is 4.79 Å². The Morgan fingerprint density at radius 3 is 2.19 bits per heavy atom. The monoisotopic (exact) mass is 325 g/mol. The minimum absolute atomic E-state index is 0.231. The number of carbonyl (C=O) groups is 1. The van der Waals surface area contributed by atoms with Gasteiger partial charge in [-0.15, -0.1) is 0 Å². The number of nitrogens with one attached hydrogen (secondary N) is 4. The third-order valence-corrected chi connectivity index (χ3v) is 2.77. The molecule has 0 heterocycles. The van der Waals surface area contributed by atoms with Crippen LogP contribution in [0, 0.1) is 0 Å². The summed E-state index contributed by atoms with van der Waals surface area (Å²) in [5.74, 6) is -0.231. The van der Waals surface area contributed by atoms with Gasteiger partial charge in [-0.3, -0.25) is 15.5 Å². The molecule has 0 bridgehead atoms. The van der Waals surface area contributed by atoms with E-state index in [4.69, 9.17) is 24.4 Å². The van der Waals surface area contributed by atoms with Crippen molar-refractivity contribution in [1.82, 2.24) is 26.4 Å². The molecular formula is C13H19N5OS2. The number of amides is 1. The van der Waals surface area contributed by atoms with Gasteiger partial charge in [0.1, 0.15) is 0 Å². The second kappa shape index (κ2) is 9.22. The lowest BCUT2D eigenvalue weighted by molar-refractivity contribution is 0.0976. The number of hydrogen-bond acceptors (Lipinski definition) is 4. The first kappa shape index (κ1) is 17.3. The standard InChI is InChI=1S/C13H19N5OS2/c1-18(2)17-13(21)15-9-8-14-12(20)16-11(19)10-6-4-3-5-7-10/h3-7H,8-9H2,1-2H3,(H2,15,17,21)(H2,14,16,19,20). The number of thiocarbonyl (C=S) groups is 2. The van der Waals surface area contributed by atoms with Gasteiger partial charge >= 0.3 is 0 Å². The van der Waals surface area contributed by atoms with Crippen molar-refractivity contribution >= 4 is 40.6 Å². The summed E-state index contributed by atoms with van der Waals surface area (Å²) >= 11 is 10.1. The fourth-order valence-corrected chi connectivity index (χ4v) is 1.88. The Morgan fingerprint density at radius 2 is 1.62 bits per heavy atom. The largest absolute Gasteiger partial charge is 0.361 e. The van der Waals surface area contributed by atoms with Gasteiger partial charge in [0.15, 0.2) is 10.2 Å². The van der Waals surface area contributed by atoms with Crippen LogP contribution in [0.2, 0.25) is 0 Å². The van der Waals surface area contributed by atoms with Crippen LogP contribution in [0.1, 0.15) is 10.4 Å². The molecular weight excluding hydrogens is 306 g/mol. The van der Waals surface area contributed by atoms with E-state index in [0.717, 1.165) is 0 Å². The van der Waals surface area contributed by atoms with Crippen molar-refractivity contribution in [2.24, 2.45) is 0 Å². The molecule has 1 amide bonds. The number of rotatable bonds is 5. The van der Waals surface area contributed by atoms with E-state index < -0.39 is 0 Å². The Hall–Kier alpha value is -1.77. The fourth-order valence-electron chi connectivity index (χ4n) is 1.40. The molecule has 0 atom stereocenters. The van der Waals surface area contributed by atoms with Crippen LogP contribution in [-0.2, 0) is 0 Å². The number of hydrazine groups is 1. The van der Waals surface area contributed by atoms with E-state index in [1.54, 1.807) is 29.3 Å². The highest BCUT2D eigenvalue weighted by molar-refractivity contribution is 7.80. The predicted molar refractivity (Wildman–Crippen MR) is 91.9 cm³/mol. The number of carbonyl (C=O) groups excluding carboxylic acids is 1. The summed E-state index contributed by atoms with van der Waals surface area (Å²) in [6, 6.07) is 8.90. The number of nitrogens with zero attached hydrogens (tertiary/aromatic N) is 1. The number of benzene rings is 1. The lowest BCUT2D eigenvalue weighted by atomic mass is 10.2. The van der Waals surface area contributed by atoms with Crippen LogP contribution in [0.25, 0.3) is 0 Å². The van der Waals surface area contributed by atoms with Crippen molar-refractivity contribution in [3.05, 3.63) is 35.9 Å². The van der Waals surface area contributed by atoms with Crippen LogP contribution in [0.4, 0.5) is 0 Å². The van der Waals surface area contributed by atoms with Crippen molar-refractivity contribution in [2.75, 3.05) is 27.2 Å². The minimum Gasteiger partial charge on any atom is -0.361 e. The molecule has 0 unspecified atom stereocenters. The molecule has 1 rings (SSSR count). The van der Waals surface area contributed by atoms with Gasteiger partial charge in [-0.05, 0) is 36.6 Å². The lowest BCUT2D eigenvalue weighted by Gasteiger charge is -2.16. The third-order valence-electron chi connectivity index (χ3n) is 2.28. The zero-order chi connectivity index (χ0) is 15.7. The topological polar surface area (TPSA) is 68.4 Å². The zero-order valence-corrected chi connectivity index (χ0v) is 13.6. The second-order valence-electron chi connectivity index (χ2n) is 4.34. The van der Waals surface area contributed by atoms with Gasteiger partial charge in [0.05, 0.1) is 0 Å². The molecule has 0 aliphatic rings. The third kappa shape index (κ3) is 7.54. The molecule has 114 valence electrons. The Bertz CT molecular complexity index is 493. The molecule has 21 heavy (non-hydrogen) atoms. The molecule has 0 saturated heterocycles. The Kier molecular flexibility index (Phi) is 7.59. The molecule has 0 radical (unpaired) electrons. The van der Waals surface area contributed by atoms with Gasteiger partial charge in [0.25, 0.3) is 5.91 Å². The van der Waals surface area contributed by atoms with E-state index in [2.05, 4.69) is 21.4 Å². The summed E-state index contributed by atoms with van der Waals surface area (Å²) in [6.07, 6.45) is 0. The summed E-state index contributed by atoms with van der Waals surface area (Å²) in [4.78, 5) is 11.8. The molecule has 8 heteroatoms. The van der Waals surface area contributed by atoms with E-state index in [0.29, 0.717) is 23.8 Å². The van der Waals surface area contributed by atoms with Gasteiger partial charge in [-0.1, -0.05) is 18.2 Å². The molecule has 4 N–H and O–H groups in total. The molecule has 0 aromatic heterocycles. The van der Waals surface area contributed by atoms with Crippen molar-refractivity contribution in [3.8, 4) is 0 Å². The maximum atomic E-state index is 11.8. The van der Waals surface area contributed by atoms with Gasteiger partial charge in [0, 0.05) is 32.7 Å². The molecule has 0 saturated carbocycles. The average molecular weight is 325 g/mol. The summed E-state index contributed by atoms with van der Waals surface area (Å²) in [7, 11) is 3.70. The van der Waals surface area contributed by atoms with Crippen molar-refractivity contribution in [2.45, 2.75) is 0 Å². The van der Waals surface area contributed by atoms with Crippen molar-refractivity contribution in [3.63, 3.8) is 0 Å². The lowest BCUT2D eigenvalue weighted by Crippen LogP contribution is -2.46. The van der Waals surface area contributed by atoms with Gasteiger partial charge in [-0.2, -0.15) is 0 Å². The second-order valence-corrected chi connectivity index (χ2v) is 5.15. The molecule has 1 aromatic rings. The first-order chi connectivity index (χ1) is 9.99. The van der Waals surface area contributed by atoms with Crippen LogP contribution in [0.3, 0.4) is 0 Å². The normalized spacial score (nSPS) is 9.86. The Labute approximate surface area is 135 Å². The van der Waals surface area contributed by atoms with Crippen molar-refractivity contribution in [1.29, 1.82) is 0 Å². The van der Waals surface area contributed by atoms with Crippen LogP contribution in [0.15, 0.2) is 30.3 Å². The van der Waals surface area contributed by atoms with Crippen LogP contribution in [0.5, 0.6) is 0 Å². The molecule has 0 aliphatic heterocycles. The highest BCUT2D eigenvalue weighted by Gasteiger charge is 2.06. The van der Waals surface area contributed by atoms with Gasteiger partial charge in [-0.25, -0.2) is 5.01 Å². The summed E-state index contributed by atoms with van der Waals surface area (Å²) in [5, 5.41) is 11.1. The molecule has 1 aromatic carbocycles. The van der Waals surface area contributed by atoms with Crippen LogP contribution < -0.4 is 21.4 Å².